The molecule has 0 unspecified atom stereocenters. The highest BCUT2D eigenvalue weighted by Gasteiger charge is 2.18. The van der Waals surface area contributed by atoms with Crippen molar-refractivity contribution in [2.24, 2.45) is 0 Å². The molecule has 0 spiro atoms. The summed E-state index contributed by atoms with van der Waals surface area (Å²) in [5.74, 6) is -0.543. The molecule has 1 amide bonds. The highest BCUT2D eigenvalue weighted by Crippen LogP contribution is 2.19. The second kappa shape index (κ2) is 4.98. The predicted molar refractivity (Wildman–Crippen MR) is 61.6 cm³/mol. The number of nitrogen functional groups attached to an aromatic ring is 1. The normalized spacial score (nSPS) is 11.1. The van der Waals surface area contributed by atoms with Gasteiger partial charge in [0.1, 0.15) is 0 Å². The number of nitrogens with two attached hydrogens (primary N) is 1. The Bertz CT molecular complexity index is 483. The fourth-order valence-electron chi connectivity index (χ4n) is 1.23. The van der Waals surface area contributed by atoms with E-state index >= 15 is 0 Å². The summed E-state index contributed by atoms with van der Waals surface area (Å²) in [4.78, 5) is 11.1. The van der Waals surface area contributed by atoms with Crippen molar-refractivity contribution in [1.82, 2.24) is 5.32 Å². The quantitative estimate of drug-likeness (QED) is 0.737. The predicted octanol–water partition coefficient (Wildman–Crippen LogP) is 0.179. The van der Waals surface area contributed by atoms with Crippen molar-refractivity contribution in [1.29, 1.82) is 0 Å². The third kappa shape index (κ3) is 2.96. The van der Waals surface area contributed by atoms with E-state index in [4.69, 9.17) is 5.73 Å². The fraction of sp³-hybridized carbons (Fsp3) is 0.300. The van der Waals surface area contributed by atoms with E-state index in [1.807, 2.05) is 0 Å². The molecule has 0 heterocycles. The number of para-hydroxylation sites is 1. The summed E-state index contributed by atoms with van der Waals surface area (Å²) in [6.07, 6.45) is -0.0623. The monoisotopic (exact) mass is 242 g/mol. The van der Waals surface area contributed by atoms with E-state index in [2.05, 4.69) is 5.32 Å². The molecular weight excluding hydrogens is 228 g/mol. The molecule has 0 aliphatic rings. The number of rotatable bonds is 4. The van der Waals surface area contributed by atoms with Crippen LogP contribution < -0.4 is 11.1 Å². The maximum absolute atomic E-state index is 11.8. The Morgan fingerprint density at radius 3 is 2.56 bits per heavy atom. The van der Waals surface area contributed by atoms with Crippen molar-refractivity contribution in [3.8, 4) is 0 Å². The number of hydrogen-bond donors (Lipinski definition) is 2. The van der Waals surface area contributed by atoms with Crippen molar-refractivity contribution in [2.45, 2.75) is 11.3 Å². The number of benzene rings is 1. The van der Waals surface area contributed by atoms with Gasteiger partial charge < -0.3 is 11.1 Å². The van der Waals surface area contributed by atoms with Crippen LogP contribution in [0.1, 0.15) is 6.42 Å². The van der Waals surface area contributed by atoms with Gasteiger partial charge in [-0.2, -0.15) is 0 Å². The molecule has 0 bridgehead atoms. The Balaban J connectivity index is 2.87. The number of carbonyl (C=O) groups excluding carboxylic acids is 1. The summed E-state index contributed by atoms with van der Waals surface area (Å²) in [7, 11) is -2.02. The zero-order valence-electron chi connectivity index (χ0n) is 8.93. The zero-order valence-corrected chi connectivity index (χ0v) is 9.75. The van der Waals surface area contributed by atoms with Gasteiger partial charge in [0.2, 0.25) is 5.91 Å². The van der Waals surface area contributed by atoms with Crippen molar-refractivity contribution < 1.29 is 13.2 Å². The highest BCUT2D eigenvalue weighted by molar-refractivity contribution is 7.91. The molecule has 6 heteroatoms. The SMILES string of the molecule is CNC(=O)CCS(=O)(=O)c1ccccc1N. The zero-order chi connectivity index (χ0) is 12.2. The summed E-state index contributed by atoms with van der Waals surface area (Å²) < 4.78 is 23.6. The first-order valence-electron chi connectivity index (χ1n) is 4.75. The summed E-state index contributed by atoms with van der Waals surface area (Å²) in [6, 6.07) is 6.22. The van der Waals surface area contributed by atoms with Gasteiger partial charge in [-0.05, 0) is 12.1 Å². The third-order valence-electron chi connectivity index (χ3n) is 2.13. The lowest BCUT2D eigenvalue weighted by Crippen LogP contribution is -2.21. The number of nitrogens with one attached hydrogen (secondary N) is 1. The van der Waals surface area contributed by atoms with Crippen LogP contribution in [0.5, 0.6) is 0 Å². The van der Waals surface area contributed by atoms with Gasteiger partial charge in [0.25, 0.3) is 0 Å². The van der Waals surface area contributed by atoms with E-state index in [0.29, 0.717) is 0 Å². The number of amides is 1. The molecule has 3 N–H and O–H groups in total. The molecule has 1 rings (SSSR count). The van der Waals surface area contributed by atoms with Gasteiger partial charge in [0.15, 0.2) is 9.84 Å². The van der Waals surface area contributed by atoms with Gasteiger partial charge in [-0.25, -0.2) is 8.42 Å². The van der Waals surface area contributed by atoms with Crippen molar-refractivity contribution >= 4 is 21.4 Å². The Hall–Kier alpha value is -1.56. The van der Waals surface area contributed by atoms with Crippen LogP contribution in [0, 0.1) is 0 Å². The number of carbonyl (C=O) groups is 1. The molecule has 1 aromatic rings. The first-order chi connectivity index (χ1) is 7.47. The van der Waals surface area contributed by atoms with Crippen LogP contribution in [-0.2, 0) is 14.6 Å². The lowest BCUT2D eigenvalue weighted by molar-refractivity contribution is -0.120. The summed E-state index contributed by atoms with van der Waals surface area (Å²) >= 11 is 0. The van der Waals surface area contributed by atoms with Crippen LogP contribution in [0.15, 0.2) is 29.2 Å². The van der Waals surface area contributed by atoms with Gasteiger partial charge in [0, 0.05) is 13.5 Å². The Morgan fingerprint density at radius 1 is 1.38 bits per heavy atom. The van der Waals surface area contributed by atoms with E-state index in [1.165, 1.54) is 19.2 Å². The van der Waals surface area contributed by atoms with Gasteiger partial charge in [0.05, 0.1) is 16.3 Å². The minimum absolute atomic E-state index is 0.0623. The van der Waals surface area contributed by atoms with E-state index in [9.17, 15) is 13.2 Å². The molecule has 0 saturated heterocycles. The maximum Gasteiger partial charge on any atom is 0.220 e. The Morgan fingerprint density at radius 2 is 2.00 bits per heavy atom. The molecule has 88 valence electrons. The molecule has 0 aliphatic heterocycles. The number of hydrogen-bond acceptors (Lipinski definition) is 4. The van der Waals surface area contributed by atoms with Crippen LogP contribution >= 0.6 is 0 Å². The molecule has 16 heavy (non-hydrogen) atoms. The van der Waals surface area contributed by atoms with Gasteiger partial charge in [-0.15, -0.1) is 0 Å². The summed E-state index contributed by atoms with van der Waals surface area (Å²) in [5, 5.41) is 2.37. The van der Waals surface area contributed by atoms with Gasteiger partial charge in [-0.3, -0.25) is 4.79 Å². The van der Waals surface area contributed by atoms with Crippen molar-refractivity contribution in [2.75, 3.05) is 18.5 Å². The van der Waals surface area contributed by atoms with Crippen molar-refractivity contribution in [3.63, 3.8) is 0 Å². The second-order valence-electron chi connectivity index (χ2n) is 3.28. The van der Waals surface area contributed by atoms with Crippen LogP contribution in [0.2, 0.25) is 0 Å². The Labute approximate surface area is 94.6 Å². The summed E-state index contributed by atoms with van der Waals surface area (Å²) in [6.45, 7) is 0. The summed E-state index contributed by atoms with van der Waals surface area (Å²) in [5.41, 5.74) is 5.77. The molecule has 1 aromatic carbocycles. The molecule has 0 aliphatic carbocycles. The third-order valence-corrected chi connectivity index (χ3v) is 3.91. The second-order valence-corrected chi connectivity index (χ2v) is 5.36. The number of anilines is 1. The van der Waals surface area contributed by atoms with E-state index in [1.54, 1.807) is 12.1 Å². The molecule has 0 saturated carbocycles. The van der Waals surface area contributed by atoms with E-state index in [-0.39, 0.29) is 28.7 Å². The van der Waals surface area contributed by atoms with E-state index < -0.39 is 9.84 Å². The molecule has 0 radical (unpaired) electrons. The molecule has 5 nitrogen and oxygen atoms in total. The maximum atomic E-state index is 11.8. The van der Waals surface area contributed by atoms with Crippen LogP contribution in [0.3, 0.4) is 0 Å². The first-order valence-corrected chi connectivity index (χ1v) is 6.40. The fourth-order valence-corrected chi connectivity index (χ4v) is 2.61. The van der Waals surface area contributed by atoms with Gasteiger partial charge >= 0.3 is 0 Å². The minimum atomic E-state index is -3.48. The number of sulfone groups is 1. The topological polar surface area (TPSA) is 89.3 Å². The largest absolute Gasteiger partial charge is 0.398 e. The average molecular weight is 242 g/mol. The average Bonchev–Trinajstić information content (AvgIpc) is 2.26. The van der Waals surface area contributed by atoms with Crippen molar-refractivity contribution in [3.05, 3.63) is 24.3 Å². The Kier molecular flexibility index (Phi) is 3.89. The smallest absolute Gasteiger partial charge is 0.220 e. The first kappa shape index (κ1) is 12.5. The van der Waals surface area contributed by atoms with Gasteiger partial charge in [-0.1, -0.05) is 12.1 Å². The minimum Gasteiger partial charge on any atom is -0.398 e. The van der Waals surface area contributed by atoms with Crippen LogP contribution in [-0.4, -0.2) is 27.1 Å². The molecule has 0 atom stereocenters. The van der Waals surface area contributed by atoms with Crippen LogP contribution in [0.4, 0.5) is 5.69 Å². The molecular formula is C10H14N2O3S. The highest BCUT2D eigenvalue weighted by atomic mass is 32.2. The lowest BCUT2D eigenvalue weighted by Gasteiger charge is -2.06. The molecule has 0 fully saturated rings. The van der Waals surface area contributed by atoms with E-state index in [0.717, 1.165) is 0 Å². The standard InChI is InChI=1S/C10H14N2O3S/c1-12-10(13)6-7-16(14,15)9-5-3-2-4-8(9)11/h2-5H,6-7,11H2,1H3,(H,12,13). The molecule has 0 aromatic heterocycles. The van der Waals surface area contributed by atoms with Crippen LogP contribution in [0.25, 0.3) is 0 Å². The lowest BCUT2D eigenvalue weighted by atomic mass is 10.3.